The molecule has 2 aromatic rings. The highest BCUT2D eigenvalue weighted by Crippen LogP contribution is 2.71. The summed E-state index contributed by atoms with van der Waals surface area (Å²) in [5.74, 6) is -1.63. The molecule has 16 nitrogen and oxygen atoms in total. The lowest BCUT2D eigenvalue weighted by Gasteiger charge is -2.49. The van der Waals surface area contributed by atoms with Crippen LogP contribution in [-0.4, -0.2) is 107 Å². The third-order valence-corrected chi connectivity index (χ3v) is 11.0. The van der Waals surface area contributed by atoms with Crippen LogP contribution in [0.25, 0.3) is 0 Å². The maximum atomic E-state index is 14.9. The average molecular weight is 835 g/mol. The number of rotatable bonds is 3. The van der Waals surface area contributed by atoms with Crippen LogP contribution in [0.5, 0.6) is 0 Å². The molecule has 2 unspecified atom stereocenters. The van der Waals surface area contributed by atoms with Gasteiger partial charge in [0.25, 0.3) is 0 Å². The van der Waals surface area contributed by atoms with E-state index in [1.807, 2.05) is 0 Å². The molecule has 4 aliphatic heterocycles. The summed E-state index contributed by atoms with van der Waals surface area (Å²) >= 11 is 0. The van der Waals surface area contributed by atoms with Crippen molar-refractivity contribution in [2.75, 3.05) is 24.0 Å². The van der Waals surface area contributed by atoms with Crippen LogP contribution < -0.4 is 9.80 Å². The third-order valence-electron chi connectivity index (χ3n) is 11.0. The molecule has 2 aromatic carbocycles. The molecule has 0 N–H and O–H groups in total. The normalized spacial score (nSPS) is 25.8. The molecule has 60 heavy (non-hydrogen) atoms. The van der Waals surface area contributed by atoms with Crippen molar-refractivity contribution in [1.82, 2.24) is 9.80 Å². The van der Waals surface area contributed by atoms with Crippen molar-refractivity contribution in [2.24, 2.45) is 0 Å². The van der Waals surface area contributed by atoms with E-state index in [9.17, 15) is 28.8 Å². The molecule has 0 radical (unpaired) electrons. The zero-order valence-corrected chi connectivity index (χ0v) is 37.0. The number of hydrogen-bond donors (Lipinski definition) is 0. The summed E-state index contributed by atoms with van der Waals surface area (Å²) in [6.45, 7) is 20.3. The minimum Gasteiger partial charge on any atom is -0.467 e. The molecule has 6 atom stereocenters. The Morgan fingerprint density at radius 3 is 1.05 bits per heavy atom. The van der Waals surface area contributed by atoms with Gasteiger partial charge in [-0.05, 0) is 119 Å². The van der Waals surface area contributed by atoms with E-state index in [4.69, 9.17) is 28.4 Å². The molecule has 16 heteroatoms. The largest absolute Gasteiger partial charge is 0.467 e. The molecule has 0 saturated carbocycles. The topological polar surface area (TPSA) is 171 Å². The number of esters is 2. The van der Waals surface area contributed by atoms with Crippen LogP contribution in [0.15, 0.2) is 48.5 Å². The third kappa shape index (κ3) is 7.14. The van der Waals surface area contributed by atoms with E-state index < -0.39 is 94.0 Å². The molecule has 4 amide bonds. The molecule has 2 fully saturated rings. The quantitative estimate of drug-likeness (QED) is 0.222. The van der Waals surface area contributed by atoms with Gasteiger partial charge < -0.3 is 28.4 Å². The minimum atomic E-state index is -1.66. The number of carbonyl (C=O) groups is 6. The Hall–Kier alpha value is -5.54. The van der Waals surface area contributed by atoms with Crippen LogP contribution in [0.3, 0.4) is 0 Å². The summed E-state index contributed by atoms with van der Waals surface area (Å²) in [5.41, 5.74) is -5.90. The summed E-state index contributed by atoms with van der Waals surface area (Å²) in [7, 11) is 2.39. The van der Waals surface area contributed by atoms with Crippen LogP contribution in [0, 0.1) is 0 Å². The molecule has 326 valence electrons. The molecule has 0 aliphatic carbocycles. The van der Waals surface area contributed by atoms with Crippen molar-refractivity contribution in [3.05, 3.63) is 59.7 Å². The number of fused-ring (bicyclic) bond motifs is 7. The Kier molecular flexibility index (Phi) is 10.7. The molecular weight excluding hydrogens is 776 g/mol. The predicted octanol–water partition coefficient (Wildman–Crippen LogP) is 7.39. The van der Waals surface area contributed by atoms with E-state index in [1.54, 1.807) is 132 Å². The number of benzene rings is 2. The monoisotopic (exact) mass is 834 g/mol. The van der Waals surface area contributed by atoms with E-state index in [0.717, 1.165) is 0 Å². The van der Waals surface area contributed by atoms with E-state index in [1.165, 1.54) is 33.8 Å². The maximum Gasteiger partial charge on any atom is 0.416 e. The fraction of sp³-hybridized carbons (Fsp3) is 0.591. The van der Waals surface area contributed by atoms with Crippen LogP contribution in [0.4, 0.5) is 30.6 Å². The van der Waals surface area contributed by atoms with Crippen LogP contribution in [0.1, 0.15) is 107 Å². The van der Waals surface area contributed by atoms with Gasteiger partial charge in [-0.15, -0.1) is 0 Å². The molecule has 0 spiro atoms. The van der Waals surface area contributed by atoms with Gasteiger partial charge in [-0.1, -0.05) is 36.4 Å². The van der Waals surface area contributed by atoms with E-state index >= 15 is 0 Å². The van der Waals surface area contributed by atoms with Gasteiger partial charge in [-0.2, -0.15) is 0 Å². The second kappa shape index (κ2) is 14.6. The van der Waals surface area contributed by atoms with Crippen molar-refractivity contribution in [3.8, 4) is 0 Å². The smallest absolute Gasteiger partial charge is 0.416 e. The number of amides is 4. The fourth-order valence-corrected chi connectivity index (χ4v) is 9.48. The van der Waals surface area contributed by atoms with Gasteiger partial charge in [0.05, 0.1) is 36.4 Å². The maximum absolute atomic E-state index is 14.9. The van der Waals surface area contributed by atoms with Crippen molar-refractivity contribution < 1.29 is 57.2 Å². The Morgan fingerprint density at radius 1 is 0.483 bits per heavy atom. The summed E-state index contributed by atoms with van der Waals surface area (Å²) in [6.07, 6.45) is -6.95. The van der Waals surface area contributed by atoms with Crippen molar-refractivity contribution in [1.29, 1.82) is 0 Å². The fourth-order valence-electron chi connectivity index (χ4n) is 9.48. The first-order chi connectivity index (χ1) is 27.6. The van der Waals surface area contributed by atoms with Crippen LogP contribution in [0.2, 0.25) is 0 Å². The SMILES string of the molecule is COC(=O)[C@@H]1C[C@@]2(C34C[C@@H](C(=O)OC)N(C(=O)OC(C)(C)C)[C@H]3N(C(=O)OC(C)(C)C)c3ccccc34)c3ccccc3N(C(=O)OC(C)(C)C)C2N1C(=O)OC(C)(C)C. The second-order valence-electron chi connectivity index (χ2n) is 19.7. The average Bonchev–Trinajstić information content (AvgIpc) is 3.80. The highest BCUT2D eigenvalue weighted by atomic mass is 16.6. The standard InChI is InChI=1S/C44H58N4O12/c1-39(2,3)57-35(51)45-27-21-17-15-19-25(27)43(23-29(31(49)55-13)47(33(43)45)37(53)59-41(7,8)9)44-24-30(32(50)56-14)48(38(54)60-42(10,11)12)34(44)46(36(52)58-40(4,5)6)28-22-18-16-20-26(28)44/h15-22,29-30,33-34H,23-24H2,1-14H3/t29-,30-,33+,34?,43?,44+/m0/s1. The molecule has 0 bridgehead atoms. The van der Waals surface area contributed by atoms with Gasteiger partial charge in [-0.3, -0.25) is 19.6 Å². The molecule has 4 heterocycles. The summed E-state index contributed by atoms with van der Waals surface area (Å²) in [5, 5.41) is 0. The first-order valence-corrected chi connectivity index (χ1v) is 20.1. The van der Waals surface area contributed by atoms with Gasteiger partial charge in [0.1, 0.15) is 46.8 Å². The molecular formula is C44H58N4O12. The zero-order valence-electron chi connectivity index (χ0n) is 37.0. The summed E-state index contributed by atoms with van der Waals surface area (Å²) < 4.78 is 35.0. The van der Waals surface area contributed by atoms with Crippen molar-refractivity contribution >= 4 is 47.7 Å². The predicted molar refractivity (Wildman–Crippen MR) is 218 cm³/mol. The van der Waals surface area contributed by atoms with Gasteiger partial charge >= 0.3 is 36.3 Å². The minimum absolute atomic E-state index is 0.233. The number of anilines is 2. The first kappa shape index (κ1) is 44.0. The molecule has 2 saturated heterocycles. The zero-order chi connectivity index (χ0) is 44.7. The molecule has 4 aliphatic rings. The second-order valence-corrected chi connectivity index (χ2v) is 19.7. The van der Waals surface area contributed by atoms with Crippen molar-refractivity contribution in [3.63, 3.8) is 0 Å². The highest BCUT2D eigenvalue weighted by Gasteiger charge is 2.81. The lowest BCUT2D eigenvalue weighted by Crippen LogP contribution is -2.66. The summed E-state index contributed by atoms with van der Waals surface area (Å²) in [6, 6.07) is 11.1. The van der Waals surface area contributed by atoms with Crippen LogP contribution in [-0.2, 0) is 48.8 Å². The number of ether oxygens (including phenoxy) is 6. The van der Waals surface area contributed by atoms with E-state index in [0.29, 0.717) is 22.5 Å². The van der Waals surface area contributed by atoms with Gasteiger partial charge in [0.15, 0.2) is 0 Å². The Bertz CT molecular complexity index is 1950. The van der Waals surface area contributed by atoms with Gasteiger partial charge in [0, 0.05) is 0 Å². The lowest BCUT2D eigenvalue weighted by atomic mass is 9.54. The molecule has 6 rings (SSSR count). The Labute approximate surface area is 351 Å². The van der Waals surface area contributed by atoms with E-state index in [2.05, 4.69) is 0 Å². The van der Waals surface area contributed by atoms with Gasteiger partial charge in [0.2, 0.25) is 0 Å². The number of nitrogens with zero attached hydrogens (tertiary/aromatic N) is 4. The van der Waals surface area contributed by atoms with E-state index in [-0.39, 0.29) is 12.8 Å². The number of para-hydroxylation sites is 2. The number of carbonyl (C=O) groups excluding carboxylic acids is 6. The van der Waals surface area contributed by atoms with Crippen LogP contribution >= 0.6 is 0 Å². The number of methoxy groups -OCH3 is 2. The number of hydrogen-bond acceptors (Lipinski definition) is 12. The van der Waals surface area contributed by atoms with Crippen molar-refractivity contribution in [2.45, 2.75) is 154 Å². The first-order valence-electron chi connectivity index (χ1n) is 20.1. The van der Waals surface area contributed by atoms with Gasteiger partial charge in [-0.25, -0.2) is 28.8 Å². The Morgan fingerprint density at radius 2 is 0.767 bits per heavy atom. The lowest BCUT2D eigenvalue weighted by molar-refractivity contribution is -0.146. The highest BCUT2D eigenvalue weighted by molar-refractivity contribution is 6.00. The molecule has 0 aromatic heterocycles. The number of likely N-dealkylation sites (tertiary alicyclic amines) is 2. The Balaban J connectivity index is 1.81. The summed E-state index contributed by atoms with van der Waals surface area (Å²) in [4.78, 5) is 93.2.